The van der Waals surface area contributed by atoms with Crippen LogP contribution in [0.4, 0.5) is 27.9 Å². The molecule has 2 aromatic rings. The molecule has 9 heteroatoms. The fourth-order valence-electron chi connectivity index (χ4n) is 4.76. The summed E-state index contributed by atoms with van der Waals surface area (Å²) in [5.74, 6) is 1.74. The first-order valence-electron chi connectivity index (χ1n) is 11.7. The molecule has 2 aliphatic rings. The van der Waals surface area contributed by atoms with Crippen molar-refractivity contribution in [1.82, 2.24) is 20.3 Å². The highest BCUT2D eigenvalue weighted by molar-refractivity contribution is 5.57. The fourth-order valence-corrected chi connectivity index (χ4v) is 4.76. The van der Waals surface area contributed by atoms with Gasteiger partial charge in [0.25, 0.3) is 0 Å². The van der Waals surface area contributed by atoms with Gasteiger partial charge in [-0.2, -0.15) is 15.0 Å². The SMILES string of the molecule is CNC1CCCC1CNc1nc(Nc2ccc(OC)c(F)c2)nc(NC2CCCCC2)n1. The number of ether oxygens (including phenoxy) is 1. The molecule has 2 atom stereocenters. The van der Waals surface area contributed by atoms with E-state index < -0.39 is 5.82 Å². The first-order valence-corrected chi connectivity index (χ1v) is 11.7. The van der Waals surface area contributed by atoms with Crippen molar-refractivity contribution in [1.29, 1.82) is 0 Å². The van der Waals surface area contributed by atoms with Gasteiger partial charge in [-0.05, 0) is 50.8 Å². The zero-order valence-corrected chi connectivity index (χ0v) is 19.0. The van der Waals surface area contributed by atoms with Crippen LogP contribution >= 0.6 is 0 Å². The quantitative estimate of drug-likeness (QED) is 0.455. The van der Waals surface area contributed by atoms with Crippen LogP contribution in [0.15, 0.2) is 18.2 Å². The predicted octanol–water partition coefficient (Wildman–Crippen LogP) is 4.31. The third-order valence-corrected chi connectivity index (χ3v) is 6.53. The Morgan fingerprint density at radius 1 is 0.969 bits per heavy atom. The van der Waals surface area contributed by atoms with Crippen LogP contribution in [0.3, 0.4) is 0 Å². The Hall–Kier alpha value is -2.68. The van der Waals surface area contributed by atoms with E-state index in [1.54, 1.807) is 12.1 Å². The van der Waals surface area contributed by atoms with E-state index >= 15 is 0 Å². The van der Waals surface area contributed by atoms with Gasteiger partial charge in [-0.3, -0.25) is 0 Å². The van der Waals surface area contributed by atoms with Crippen molar-refractivity contribution >= 4 is 23.5 Å². The summed E-state index contributed by atoms with van der Waals surface area (Å²) in [5, 5.41) is 13.4. The Morgan fingerprint density at radius 3 is 2.50 bits per heavy atom. The molecule has 8 nitrogen and oxygen atoms in total. The maximum atomic E-state index is 14.1. The molecular weight excluding hydrogens is 409 g/mol. The van der Waals surface area contributed by atoms with Crippen molar-refractivity contribution < 1.29 is 9.13 Å². The number of rotatable bonds is 9. The zero-order chi connectivity index (χ0) is 22.3. The van der Waals surface area contributed by atoms with Crippen molar-refractivity contribution in [2.24, 2.45) is 5.92 Å². The van der Waals surface area contributed by atoms with Gasteiger partial charge in [-0.25, -0.2) is 4.39 Å². The number of nitrogens with zero attached hydrogens (tertiary/aromatic N) is 3. The van der Waals surface area contributed by atoms with Crippen LogP contribution in [0.5, 0.6) is 5.75 Å². The molecular formula is C23H34FN7O. The lowest BCUT2D eigenvalue weighted by molar-refractivity contribution is 0.386. The molecule has 1 aromatic carbocycles. The number of halogens is 1. The average molecular weight is 444 g/mol. The van der Waals surface area contributed by atoms with Gasteiger partial charge in [-0.15, -0.1) is 0 Å². The van der Waals surface area contributed by atoms with Gasteiger partial charge in [0.1, 0.15) is 0 Å². The van der Waals surface area contributed by atoms with E-state index in [9.17, 15) is 4.39 Å². The number of methoxy groups -OCH3 is 1. The molecule has 0 radical (unpaired) electrons. The van der Waals surface area contributed by atoms with Crippen LogP contribution < -0.4 is 26.0 Å². The summed E-state index contributed by atoms with van der Waals surface area (Å²) in [6.45, 7) is 0.801. The van der Waals surface area contributed by atoms with Gasteiger partial charge in [0.05, 0.1) is 7.11 Å². The average Bonchev–Trinajstić information content (AvgIpc) is 3.26. The minimum atomic E-state index is -0.440. The molecule has 0 saturated heterocycles. The molecule has 2 aliphatic carbocycles. The molecule has 32 heavy (non-hydrogen) atoms. The summed E-state index contributed by atoms with van der Waals surface area (Å²) in [7, 11) is 3.47. The molecule has 0 amide bonds. The van der Waals surface area contributed by atoms with Crippen molar-refractivity contribution in [2.75, 3.05) is 36.7 Å². The topological polar surface area (TPSA) is 96.0 Å². The van der Waals surface area contributed by atoms with Crippen molar-refractivity contribution in [3.05, 3.63) is 24.0 Å². The van der Waals surface area contributed by atoms with E-state index in [0.717, 1.165) is 19.4 Å². The summed E-state index contributed by atoms with van der Waals surface area (Å²) < 4.78 is 19.1. The molecule has 174 valence electrons. The van der Waals surface area contributed by atoms with Crippen LogP contribution in [0.2, 0.25) is 0 Å². The van der Waals surface area contributed by atoms with Crippen molar-refractivity contribution in [2.45, 2.75) is 63.5 Å². The van der Waals surface area contributed by atoms with Crippen LogP contribution in [-0.2, 0) is 0 Å². The van der Waals surface area contributed by atoms with Crippen molar-refractivity contribution in [3.63, 3.8) is 0 Å². The van der Waals surface area contributed by atoms with Crippen molar-refractivity contribution in [3.8, 4) is 5.75 Å². The van der Waals surface area contributed by atoms with Crippen LogP contribution in [0.1, 0.15) is 51.4 Å². The maximum absolute atomic E-state index is 14.1. The number of nitrogens with one attached hydrogen (secondary N) is 4. The fraction of sp³-hybridized carbons (Fsp3) is 0.609. The molecule has 2 fully saturated rings. The third kappa shape index (κ3) is 5.76. The molecule has 0 spiro atoms. The van der Waals surface area contributed by atoms with Gasteiger partial charge < -0.3 is 26.0 Å². The summed E-state index contributed by atoms with van der Waals surface area (Å²) in [6.07, 6.45) is 9.58. The van der Waals surface area contributed by atoms with E-state index in [1.165, 1.54) is 51.7 Å². The first-order chi connectivity index (χ1) is 15.6. The Bertz CT molecular complexity index is 891. The second-order valence-corrected chi connectivity index (χ2v) is 8.73. The minimum absolute atomic E-state index is 0.198. The molecule has 2 unspecified atom stereocenters. The molecule has 4 rings (SSSR count). The smallest absolute Gasteiger partial charge is 0.233 e. The van der Waals surface area contributed by atoms with E-state index in [1.807, 2.05) is 7.05 Å². The summed E-state index contributed by atoms with van der Waals surface area (Å²) in [6, 6.07) is 5.58. The van der Waals surface area contributed by atoms with E-state index in [2.05, 4.69) is 36.2 Å². The lowest BCUT2D eigenvalue weighted by atomic mass is 9.96. The van der Waals surface area contributed by atoms with Gasteiger partial charge in [0, 0.05) is 30.4 Å². The van der Waals surface area contributed by atoms with Crippen LogP contribution in [-0.4, -0.2) is 47.7 Å². The minimum Gasteiger partial charge on any atom is -0.494 e. The summed E-state index contributed by atoms with van der Waals surface area (Å²) in [4.78, 5) is 13.7. The van der Waals surface area contributed by atoms with Crippen LogP contribution in [0.25, 0.3) is 0 Å². The molecule has 4 N–H and O–H groups in total. The Morgan fingerprint density at radius 2 is 1.75 bits per heavy atom. The zero-order valence-electron chi connectivity index (χ0n) is 19.0. The second kappa shape index (κ2) is 10.8. The maximum Gasteiger partial charge on any atom is 0.233 e. The molecule has 1 aromatic heterocycles. The lowest BCUT2D eigenvalue weighted by Gasteiger charge is -2.23. The number of benzene rings is 1. The monoisotopic (exact) mass is 443 g/mol. The highest BCUT2D eigenvalue weighted by atomic mass is 19.1. The molecule has 0 aliphatic heterocycles. The molecule has 2 saturated carbocycles. The van der Waals surface area contributed by atoms with Gasteiger partial charge >= 0.3 is 0 Å². The Kier molecular flexibility index (Phi) is 7.57. The predicted molar refractivity (Wildman–Crippen MR) is 125 cm³/mol. The second-order valence-electron chi connectivity index (χ2n) is 8.73. The number of hydrogen-bond acceptors (Lipinski definition) is 8. The molecule has 0 bridgehead atoms. The van der Waals surface area contributed by atoms with Gasteiger partial charge in [0.2, 0.25) is 17.8 Å². The highest BCUT2D eigenvalue weighted by Gasteiger charge is 2.26. The largest absolute Gasteiger partial charge is 0.494 e. The number of anilines is 4. The number of aromatic nitrogens is 3. The Balaban J connectivity index is 1.51. The van der Waals surface area contributed by atoms with Crippen LogP contribution in [0, 0.1) is 11.7 Å². The first kappa shape index (κ1) is 22.5. The van der Waals surface area contributed by atoms with E-state index in [4.69, 9.17) is 4.74 Å². The summed E-state index contributed by atoms with van der Waals surface area (Å²) in [5.41, 5.74) is 0.551. The normalized spacial score (nSPS) is 21.3. The standard InChI is InChI=1S/C23H34FN7O/c1-25-19-10-6-7-15(19)14-26-21-29-22(27-16-8-4-3-5-9-16)31-23(30-21)28-17-11-12-20(32-2)18(24)13-17/h11-13,15-16,19,25H,3-10,14H2,1-2H3,(H3,26,27,28,29,30,31). The summed E-state index contributed by atoms with van der Waals surface area (Å²) >= 11 is 0. The van der Waals surface area contributed by atoms with E-state index in [-0.39, 0.29) is 5.75 Å². The van der Waals surface area contributed by atoms with Gasteiger partial charge in [0.15, 0.2) is 11.6 Å². The number of hydrogen-bond donors (Lipinski definition) is 4. The van der Waals surface area contributed by atoms with Gasteiger partial charge in [-0.1, -0.05) is 25.7 Å². The Labute approximate surface area is 189 Å². The molecule has 1 heterocycles. The third-order valence-electron chi connectivity index (χ3n) is 6.53. The lowest BCUT2D eigenvalue weighted by Crippen LogP contribution is -2.33. The van der Waals surface area contributed by atoms with E-state index in [0.29, 0.717) is 41.5 Å². The highest BCUT2D eigenvalue weighted by Crippen LogP contribution is 2.27.